The van der Waals surface area contributed by atoms with Crippen LogP contribution in [0.3, 0.4) is 0 Å². The van der Waals surface area contributed by atoms with Gasteiger partial charge in [0.2, 0.25) is 0 Å². The van der Waals surface area contributed by atoms with E-state index in [9.17, 15) is 4.79 Å². The van der Waals surface area contributed by atoms with Crippen molar-refractivity contribution in [3.63, 3.8) is 0 Å². The van der Waals surface area contributed by atoms with E-state index in [1.165, 1.54) is 14.6 Å². The van der Waals surface area contributed by atoms with Gasteiger partial charge in [-0.15, -0.1) is 23.1 Å². The van der Waals surface area contributed by atoms with E-state index < -0.39 is 5.60 Å². The largest absolute Gasteiger partial charge is 0.497 e. The SMILES string of the molecule is COc1ccc(CSc2ccc(C3CN(C(=O)OC(C)(C)C)C3)s2)cc1. The molecule has 4 nitrogen and oxygen atoms in total. The zero-order valence-corrected chi connectivity index (χ0v) is 17.3. The summed E-state index contributed by atoms with van der Waals surface area (Å²) in [6, 6.07) is 12.6. The molecule has 0 radical (unpaired) electrons. The number of amides is 1. The lowest BCUT2D eigenvalue weighted by Gasteiger charge is -2.39. The molecule has 2 aromatic rings. The molecule has 26 heavy (non-hydrogen) atoms. The molecule has 0 N–H and O–H groups in total. The summed E-state index contributed by atoms with van der Waals surface area (Å²) >= 11 is 3.68. The summed E-state index contributed by atoms with van der Waals surface area (Å²) in [5, 5.41) is 0. The van der Waals surface area contributed by atoms with Crippen molar-refractivity contribution in [1.29, 1.82) is 0 Å². The van der Waals surface area contributed by atoms with Crippen molar-refractivity contribution < 1.29 is 14.3 Å². The quantitative estimate of drug-likeness (QED) is 0.641. The molecule has 2 heterocycles. The predicted molar refractivity (Wildman–Crippen MR) is 107 cm³/mol. The zero-order chi connectivity index (χ0) is 18.7. The number of hydrogen-bond donors (Lipinski definition) is 0. The summed E-state index contributed by atoms with van der Waals surface area (Å²) in [4.78, 5) is 15.1. The van der Waals surface area contributed by atoms with Gasteiger partial charge in [0.25, 0.3) is 0 Å². The summed E-state index contributed by atoms with van der Waals surface area (Å²) in [6.07, 6.45) is -0.209. The second-order valence-corrected chi connectivity index (χ2v) is 9.77. The lowest BCUT2D eigenvalue weighted by atomic mass is 9.99. The molecule has 1 aliphatic rings. The number of hydrogen-bond acceptors (Lipinski definition) is 5. The van der Waals surface area contributed by atoms with Crippen LogP contribution < -0.4 is 4.74 Å². The van der Waals surface area contributed by atoms with Gasteiger partial charge in [-0.25, -0.2) is 4.79 Å². The predicted octanol–water partition coefficient (Wildman–Crippen LogP) is 5.38. The first-order chi connectivity index (χ1) is 12.3. The van der Waals surface area contributed by atoms with Crippen LogP contribution in [0.25, 0.3) is 0 Å². The minimum Gasteiger partial charge on any atom is -0.497 e. The third-order valence-electron chi connectivity index (χ3n) is 4.08. The van der Waals surface area contributed by atoms with E-state index in [0.717, 1.165) is 24.6 Å². The number of thiophene rings is 1. The van der Waals surface area contributed by atoms with Crippen LogP contribution in [-0.4, -0.2) is 36.8 Å². The number of thioether (sulfide) groups is 1. The van der Waals surface area contributed by atoms with Crippen LogP contribution >= 0.6 is 23.1 Å². The van der Waals surface area contributed by atoms with E-state index in [1.807, 2.05) is 56.0 Å². The second-order valence-electron chi connectivity index (χ2n) is 7.38. The first-order valence-corrected chi connectivity index (χ1v) is 10.5. The average molecular weight is 392 g/mol. The van der Waals surface area contributed by atoms with Gasteiger partial charge in [-0.05, 0) is 50.6 Å². The van der Waals surface area contributed by atoms with E-state index in [-0.39, 0.29) is 6.09 Å². The second kappa shape index (κ2) is 7.92. The number of benzene rings is 1. The van der Waals surface area contributed by atoms with Crippen molar-refractivity contribution in [2.75, 3.05) is 20.2 Å². The van der Waals surface area contributed by atoms with Crippen LogP contribution in [0.1, 0.15) is 37.1 Å². The van der Waals surface area contributed by atoms with Crippen LogP contribution in [0, 0.1) is 0 Å². The Morgan fingerprint density at radius 2 is 1.88 bits per heavy atom. The fraction of sp³-hybridized carbons (Fsp3) is 0.450. The molecule has 0 bridgehead atoms. The van der Waals surface area contributed by atoms with Gasteiger partial charge in [0.1, 0.15) is 11.4 Å². The van der Waals surface area contributed by atoms with Crippen molar-refractivity contribution in [3.8, 4) is 5.75 Å². The highest BCUT2D eigenvalue weighted by Crippen LogP contribution is 2.37. The van der Waals surface area contributed by atoms with Crippen LogP contribution in [0.5, 0.6) is 5.75 Å². The summed E-state index contributed by atoms with van der Waals surface area (Å²) in [6.45, 7) is 7.19. The van der Waals surface area contributed by atoms with Gasteiger partial charge in [-0.1, -0.05) is 12.1 Å². The van der Waals surface area contributed by atoms with E-state index in [2.05, 4.69) is 24.3 Å². The lowest BCUT2D eigenvalue weighted by Crippen LogP contribution is -2.50. The van der Waals surface area contributed by atoms with Crippen molar-refractivity contribution in [3.05, 3.63) is 46.8 Å². The normalized spacial score (nSPS) is 14.8. The molecule has 0 unspecified atom stereocenters. The van der Waals surface area contributed by atoms with Gasteiger partial charge in [-0.2, -0.15) is 0 Å². The fourth-order valence-electron chi connectivity index (χ4n) is 2.64. The molecule has 1 aromatic heterocycles. The van der Waals surface area contributed by atoms with Gasteiger partial charge in [0, 0.05) is 29.6 Å². The molecule has 0 atom stereocenters. The maximum atomic E-state index is 12.0. The van der Waals surface area contributed by atoms with Gasteiger partial charge < -0.3 is 14.4 Å². The molecule has 1 fully saturated rings. The van der Waals surface area contributed by atoms with Crippen molar-refractivity contribution in [2.24, 2.45) is 0 Å². The number of nitrogens with zero attached hydrogens (tertiary/aromatic N) is 1. The Bertz CT molecular complexity index is 743. The highest BCUT2D eigenvalue weighted by molar-refractivity contribution is 8.00. The van der Waals surface area contributed by atoms with Gasteiger partial charge in [-0.3, -0.25) is 0 Å². The molecule has 0 saturated carbocycles. The average Bonchev–Trinajstić information content (AvgIpc) is 2.99. The molecule has 1 aromatic carbocycles. The van der Waals surface area contributed by atoms with Crippen molar-refractivity contribution >= 4 is 29.2 Å². The molecule has 1 saturated heterocycles. The number of carbonyl (C=O) groups is 1. The van der Waals surface area contributed by atoms with Gasteiger partial charge in [0.15, 0.2) is 0 Å². The van der Waals surface area contributed by atoms with Crippen LogP contribution in [0.4, 0.5) is 4.79 Å². The zero-order valence-electron chi connectivity index (χ0n) is 15.7. The van der Waals surface area contributed by atoms with Crippen LogP contribution in [-0.2, 0) is 10.5 Å². The molecule has 1 aliphatic heterocycles. The Balaban J connectivity index is 1.47. The standard InChI is InChI=1S/C20H25NO3S2/c1-20(2,3)24-19(22)21-11-15(12-21)17-9-10-18(26-17)25-13-14-5-7-16(23-4)8-6-14/h5-10,15H,11-13H2,1-4H3. The maximum absolute atomic E-state index is 12.0. The van der Waals surface area contributed by atoms with Crippen molar-refractivity contribution in [1.82, 2.24) is 4.90 Å². The molecule has 0 spiro atoms. The Labute approximate surface area is 163 Å². The Kier molecular flexibility index (Phi) is 5.82. The van der Waals surface area contributed by atoms with E-state index >= 15 is 0 Å². The number of likely N-dealkylation sites (tertiary alicyclic amines) is 1. The number of rotatable bonds is 5. The third kappa shape index (κ3) is 4.95. The first-order valence-electron chi connectivity index (χ1n) is 8.67. The van der Waals surface area contributed by atoms with Gasteiger partial charge >= 0.3 is 6.09 Å². The molecule has 1 amide bonds. The minimum absolute atomic E-state index is 0.209. The molecule has 140 valence electrons. The van der Waals surface area contributed by atoms with E-state index in [1.54, 1.807) is 12.0 Å². The number of methoxy groups -OCH3 is 1. The monoisotopic (exact) mass is 391 g/mol. The highest BCUT2D eigenvalue weighted by Gasteiger charge is 2.35. The number of ether oxygens (including phenoxy) is 2. The smallest absolute Gasteiger partial charge is 0.410 e. The highest BCUT2D eigenvalue weighted by atomic mass is 32.2. The van der Waals surface area contributed by atoms with Crippen molar-refractivity contribution in [2.45, 2.75) is 42.3 Å². The lowest BCUT2D eigenvalue weighted by molar-refractivity contribution is 0.00846. The topological polar surface area (TPSA) is 38.8 Å². The minimum atomic E-state index is -0.434. The first kappa shape index (κ1) is 19.1. The van der Waals surface area contributed by atoms with Crippen LogP contribution in [0.15, 0.2) is 40.6 Å². The third-order valence-corrected chi connectivity index (χ3v) is 6.62. The van der Waals surface area contributed by atoms with E-state index in [4.69, 9.17) is 9.47 Å². The Hall–Kier alpha value is -1.66. The Morgan fingerprint density at radius 3 is 2.50 bits per heavy atom. The number of carbonyl (C=O) groups excluding carboxylic acids is 1. The summed E-state index contributed by atoms with van der Waals surface area (Å²) in [5.41, 5.74) is 0.849. The molecule has 6 heteroatoms. The molecular weight excluding hydrogens is 366 g/mol. The van der Waals surface area contributed by atoms with E-state index in [0.29, 0.717) is 5.92 Å². The Morgan fingerprint density at radius 1 is 1.19 bits per heavy atom. The summed E-state index contributed by atoms with van der Waals surface area (Å²) in [7, 11) is 1.68. The molecule has 0 aliphatic carbocycles. The fourth-order valence-corrected chi connectivity index (χ4v) is 4.83. The van der Waals surface area contributed by atoms with Gasteiger partial charge in [0.05, 0.1) is 11.3 Å². The molecular formula is C20H25NO3S2. The summed E-state index contributed by atoms with van der Waals surface area (Å²) in [5.74, 6) is 2.26. The summed E-state index contributed by atoms with van der Waals surface area (Å²) < 4.78 is 11.9. The molecule has 3 rings (SSSR count). The van der Waals surface area contributed by atoms with Crippen LogP contribution in [0.2, 0.25) is 0 Å². The maximum Gasteiger partial charge on any atom is 0.410 e.